The Bertz CT molecular complexity index is 822. The molecule has 2 heterocycles. The molecule has 0 bridgehead atoms. The van der Waals surface area contributed by atoms with E-state index >= 15 is 0 Å². The third-order valence-electron chi connectivity index (χ3n) is 4.76. The highest BCUT2D eigenvalue weighted by atomic mass is 16.6. The maximum Gasteiger partial charge on any atom is 0.353 e. The van der Waals surface area contributed by atoms with Crippen molar-refractivity contribution in [3.63, 3.8) is 0 Å². The van der Waals surface area contributed by atoms with Crippen LogP contribution in [0.25, 0.3) is 0 Å². The van der Waals surface area contributed by atoms with Gasteiger partial charge in [0, 0.05) is 25.8 Å². The molecule has 0 saturated carbocycles. The Balaban J connectivity index is 1.91. The first kappa shape index (κ1) is 18.6. The number of piperidine rings is 1. The Morgan fingerprint density at radius 2 is 1.93 bits per heavy atom. The summed E-state index contributed by atoms with van der Waals surface area (Å²) in [6.07, 6.45) is 2.47. The van der Waals surface area contributed by atoms with Crippen LogP contribution in [0.4, 0.5) is 23.0 Å². The topological polar surface area (TPSA) is 102 Å². The lowest BCUT2D eigenvalue weighted by Gasteiger charge is -2.31. The van der Waals surface area contributed by atoms with Gasteiger partial charge in [0.05, 0.1) is 18.0 Å². The zero-order chi connectivity index (χ0) is 19.4. The molecule has 0 amide bonds. The summed E-state index contributed by atoms with van der Waals surface area (Å²) in [4.78, 5) is 34.9. The maximum atomic E-state index is 11.8. The van der Waals surface area contributed by atoms with E-state index in [-0.39, 0.29) is 29.2 Å². The van der Waals surface area contributed by atoms with Gasteiger partial charge in [0.25, 0.3) is 0 Å². The fourth-order valence-electron chi connectivity index (χ4n) is 3.27. The van der Waals surface area contributed by atoms with E-state index in [0.29, 0.717) is 25.9 Å². The molecule has 3 rings (SSSR count). The highest BCUT2D eigenvalue weighted by molar-refractivity contribution is 5.76. The van der Waals surface area contributed by atoms with E-state index in [2.05, 4.69) is 9.97 Å². The molecular weight excluding hydrogens is 350 g/mol. The first-order valence-corrected chi connectivity index (χ1v) is 8.64. The van der Waals surface area contributed by atoms with Crippen LogP contribution < -0.4 is 9.80 Å². The third kappa shape index (κ3) is 3.81. The molecule has 1 fully saturated rings. The zero-order valence-electron chi connectivity index (χ0n) is 15.2. The van der Waals surface area contributed by atoms with Crippen LogP contribution in [0.3, 0.4) is 0 Å². The van der Waals surface area contributed by atoms with Crippen LogP contribution in [0.5, 0.6) is 0 Å². The van der Waals surface area contributed by atoms with Crippen molar-refractivity contribution in [1.82, 2.24) is 9.97 Å². The largest absolute Gasteiger partial charge is 0.469 e. The number of benzene rings is 1. The molecule has 27 heavy (non-hydrogen) atoms. The molecule has 9 nitrogen and oxygen atoms in total. The number of aromatic nitrogens is 2. The van der Waals surface area contributed by atoms with Gasteiger partial charge in [-0.25, -0.2) is 9.97 Å². The number of para-hydroxylation sites is 1. The number of nitrogens with zero attached hydrogens (tertiary/aromatic N) is 5. The molecule has 1 aromatic carbocycles. The maximum absolute atomic E-state index is 11.8. The fourth-order valence-corrected chi connectivity index (χ4v) is 3.27. The number of nitro groups is 1. The molecule has 0 N–H and O–H groups in total. The number of anilines is 3. The summed E-state index contributed by atoms with van der Waals surface area (Å²) < 4.78 is 4.79. The normalized spacial score (nSPS) is 14.7. The first-order chi connectivity index (χ1) is 13.0. The third-order valence-corrected chi connectivity index (χ3v) is 4.76. The van der Waals surface area contributed by atoms with Crippen LogP contribution >= 0.6 is 0 Å². The van der Waals surface area contributed by atoms with E-state index in [1.807, 2.05) is 35.2 Å². The minimum atomic E-state index is -0.448. The number of hydrogen-bond donors (Lipinski definition) is 0. The average Bonchev–Trinajstić information content (AvgIpc) is 2.72. The van der Waals surface area contributed by atoms with Crippen LogP contribution in [0.2, 0.25) is 0 Å². The Morgan fingerprint density at radius 1 is 1.26 bits per heavy atom. The van der Waals surface area contributed by atoms with E-state index in [9.17, 15) is 14.9 Å². The van der Waals surface area contributed by atoms with Gasteiger partial charge < -0.3 is 14.5 Å². The number of hydrogen-bond acceptors (Lipinski definition) is 8. The average molecular weight is 371 g/mol. The van der Waals surface area contributed by atoms with Gasteiger partial charge in [-0.3, -0.25) is 14.9 Å². The molecular formula is C18H21N5O4. The van der Waals surface area contributed by atoms with Crippen molar-refractivity contribution in [2.75, 3.05) is 37.0 Å². The summed E-state index contributed by atoms with van der Waals surface area (Å²) in [6.45, 7) is 0.984. The van der Waals surface area contributed by atoms with E-state index in [1.54, 1.807) is 11.9 Å². The molecule has 0 unspecified atom stereocenters. The number of rotatable bonds is 5. The second kappa shape index (κ2) is 7.98. The van der Waals surface area contributed by atoms with Crippen molar-refractivity contribution in [3.8, 4) is 0 Å². The highest BCUT2D eigenvalue weighted by Gasteiger charge is 2.33. The van der Waals surface area contributed by atoms with Crippen LogP contribution in [0, 0.1) is 16.0 Å². The summed E-state index contributed by atoms with van der Waals surface area (Å²) in [7, 11) is 3.10. The summed E-state index contributed by atoms with van der Waals surface area (Å²) in [5.41, 5.74) is 0.648. The van der Waals surface area contributed by atoms with Crippen molar-refractivity contribution >= 4 is 29.0 Å². The van der Waals surface area contributed by atoms with E-state index in [0.717, 1.165) is 5.69 Å². The lowest BCUT2D eigenvalue weighted by Crippen LogP contribution is -2.37. The predicted octanol–water partition coefficient (Wildman–Crippen LogP) is 2.54. The molecule has 0 atom stereocenters. The molecule has 2 aromatic rings. The summed E-state index contributed by atoms with van der Waals surface area (Å²) in [5, 5.41) is 11.8. The van der Waals surface area contributed by atoms with Crippen molar-refractivity contribution in [3.05, 3.63) is 46.8 Å². The molecule has 1 saturated heterocycles. The standard InChI is InChI=1S/C18H21N5O4/c1-21(14-6-4-3-5-7-14)16-15(23(25)26)17(20-12-19-16)22-10-8-13(9-11-22)18(24)27-2/h3-7,12-13H,8-11H2,1-2H3. The number of methoxy groups -OCH3 is 1. The number of carbonyl (C=O) groups is 1. The Labute approximate surface area is 156 Å². The lowest BCUT2D eigenvalue weighted by atomic mass is 9.97. The molecule has 0 aliphatic carbocycles. The first-order valence-electron chi connectivity index (χ1n) is 8.64. The Morgan fingerprint density at radius 3 is 2.52 bits per heavy atom. The van der Waals surface area contributed by atoms with Crippen LogP contribution in [0.15, 0.2) is 36.7 Å². The molecule has 1 aromatic heterocycles. The van der Waals surface area contributed by atoms with Crippen molar-refractivity contribution < 1.29 is 14.5 Å². The molecule has 142 valence electrons. The number of ether oxygens (including phenoxy) is 1. The lowest BCUT2D eigenvalue weighted by molar-refractivity contribution is -0.383. The van der Waals surface area contributed by atoms with Gasteiger partial charge in [-0.1, -0.05) is 18.2 Å². The molecule has 1 aliphatic rings. The second-order valence-electron chi connectivity index (χ2n) is 6.31. The quantitative estimate of drug-likeness (QED) is 0.449. The smallest absolute Gasteiger partial charge is 0.353 e. The van der Waals surface area contributed by atoms with Crippen molar-refractivity contribution in [2.45, 2.75) is 12.8 Å². The summed E-state index contributed by atoms with van der Waals surface area (Å²) in [6, 6.07) is 9.30. The van der Waals surface area contributed by atoms with Gasteiger partial charge in [-0.2, -0.15) is 0 Å². The zero-order valence-corrected chi connectivity index (χ0v) is 15.2. The van der Waals surface area contributed by atoms with Gasteiger partial charge in [-0.15, -0.1) is 0 Å². The number of esters is 1. The van der Waals surface area contributed by atoms with Gasteiger partial charge in [0.2, 0.25) is 11.6 Å². The highest BCUT2D eigenvalue weighted by Crippen LogP contribution is 2.37. The van der Waals surface area contributed by atoms with Crippen molar-refractivity contribution in [2.24, 2.45) is 5.92 Å². The van der Waals surface area contributed by atoms with Crippen LogP contribution in [0.1, 0.15) is 12.8 Å². The SMILES string of the molecule is COC(=O)C1CCN(c2ncnc(N(C)c3ccccc3)c2[N+](=O)[O-])CC1. The summed E-state index contributed by atoms with van der Waals surface area (Å²) >= 11 is 0. The van der Waals surface area contributed by atoms with Crippen LogP contribution in [-0.4, -0.2) is 48.1 Å². The van der Waals surface area contributed by atoms with Gasteiger partial charge >= 0.3 is 11.7 Å². The monoisotopic (exact) mass is 371 g/mol. The molecule has 0 spiro atoms. The Hall–Kier alpha value is -3.23. The Kier molecular flexibility index (Phi) is 5.49. The van der Waals surface area contributed by atoms with Crippen LogP contribution in [-0.2, 0) is 9.53 Å². The fraction of sp³-hybridized carbons (Fsp3) is 0.389. The van der Waals surface area contributed by atoms with Gasteiger partial charge in [0.1, 0.15) is 6.33 Å². The van der Waals surface area contributed by atoms with Gasteiger partial charge in [-0.05, 0) is 25.0 Å². The van der Waals surface area contributed by atoms with E-state index < -0.39 is 4.92 Å². The molecule has 1 aliphatic heterocycles. The minimum Gasteiger partial charge on any atom is -0.469 e. The minimum absolute atomic E-state index is 0.139. The van der Waals surface area contributed by atoms with E-state index in [4.69, 9.17) is 4.74 Å². The second-order valence-corrected chi connectivity index (χ2v) is 6.31. The summed E-state index contributed by atoms with van der Waals surface area (Å²) in [5.74, 6) is 0.0809. The van der Waals surface area contributed by atoms with E-state index in [1.165, 1.54) is 13.4 Å². The molecule has 0 radical (unpaired) electrons. The number of carbonyl (C=O) groups excluding carboxylic acids is 1. The van der Waals surface area contributed by atoms with Gasteiger partial charge in [0.15, 0.2) is 0 Å². The predicted molar refractivity (Wildman–Crippen MR) is 100 cm³/mol. The molecule has 9 heteroatoms. The van der Waals surface area contributed by atoms with Crippen molar-refractivity contribution in [1.29, 1.82) is 0 Å².